The fourth-order valence-electron chi connectivity index (χ4n) is 2.36. The van der Waals surface area contributed by atoms with Gasteiger partial charge in [-0.2, -0.15) is 0 Å². The Labute approximate surface area is 166 Å². The molecule has 0 aliphatic rings. The molecule has 0 saturated heterocycles. The van der Waals surface area contributed by atoms with Crippen LogP contribution in [-0.4, -0.2) is 6.03 Å². The van der Waals surface area contributed by atoms with Crippen molar-refractivity contribution in [2.75, 3.05) is 21.7 Å². The summed E-state index contributed by atoms with van der Waals surface area (Å²) in [5, 5.41) is 8.07. The normalized spacial score (nSPS) is 9.93. The van der Waals surface area contributed by atoms with Gasteiger partial charge in [-0.3, -0.25) is 0 Å². The number of benzene rings is 2. The number of hydrogen-bond donors (Lipinski definition) is 4. The minimum atomic E-state index is -0.618. The molecule has 0 aliphatic heterocycles. The second kappa shape index (κ2) is 9.52. The molecule has 3 rings (SSSR count). The van der Waals surface area contributed by atoms with Crippen LogP contribution in [-0.2, 0) is 6.54 Å². The molecule has 146 valence electrons. The van der Waals surface area contributed by atoms with Gasteiger partial charge >= 0.3 is 6.03 Å². The number of carbonyl (C=O) groups excluding carboxylic acids is 1. The standard InChI is InChI=1S/C19H17F2N5O.ClH/c20-13-7-5-12(6-8-13)11-23-17-10-9-16(18(22)26-17)25-19(27)24-15-4-2-1-3-14(15)21;/h1-10H,11H2,(H3,22,23,26)(H2,24,25,27);1H. The van der Waals surface area contributed by atoms with Gasteiger partial charge in [-0.25, -0.2) is 18.6 Å². The molecule has 1 aromatic heterocycles. The highest BCUT2D eigenvalue weighted by molar-refractivity contribution is 6.01. The van der Waals surface area contributed by atoms with Gasteiger partial charge < -0.3 is 34.1 Å². The Morgan fingerprint density at radius 1 is 0.929 bits per heavy atom. The Morgan fingerprint density at radius 2 is 1.61 bits per heavy atom. The minimum Gasteiger partial charge on any atom is -1.00 e. The van der Waals surface area contributed by atoms with Crippen molar-refractivity contribution >= 4 is 29.0 Å². The Hall–Kier alpha value is -3.39. The maximum atomic E-state index is 13.6. The van der Waals surface area contributed by atoms with E-state index in [4.69, 9.17) is 5.73 Å². The van der Waals surface area contributed by atoms with E-state index in [-0.39, 0.29) is 29.7 Å². The van der Waals surface area contributed by atoms with E-state index in [1.807, 2.05) is 0 Å². The molecule has 0 bridgehead atoms. The fourth-order valence-corrected chi connectivity index (χ4v) is 2.36. The topological polar surface area (TPSA) is 93.3 Å². The van der Waals surface area contributed by atoms with Crippen LogP contribution in [0.3, 0.4) is 0 Å². The Morgan fingerprint density at radius 3 is 2.29 bits per heavy atom. The zero-order chi connectivity index (χ0) is 19.2. The third kappa shape index (κ3) is 5.55. The molecule has 2 amide bonds. The van der Waals surface area contributed by atoms with E-state index in [1.165, 1.54) is 30.3 Å². The van der Waals surface area contributed by atoms with Crippen molar-refractivity contribution in [3.8, 4) is 0 Å². The fraction of sp³-hybridized carbons (Fsp3) is 0.0526. The zero-order valence-corrected chi connectivity index (χ0v) is 15.4. The minimum absolute atomic E-state index is 0. The SMILES string of the molecule is Nc1[nH+]c(NCc2ccc(F)cc2)ccc1NC(=O)Nc1ccccc1F.[Cl-]. The molecule has 0 radical (unpaired) electrons. The predicted molar refractivity (Wildman–Crippen MR) is 100 cm³/mol. The largest absolute Gasteiger partial charge is 1.00 e. The van der Waals surface area contributed by atoms with E-state index in [1.54, 1.807) is 30.3 Å². The summed E-state index contributed by atoms with van der Waals surface area (Å²) in [5.41, 5.74) is 7.23. The van der Waals surface area contributed by atoms with Gasteiger partial charge in [0.1, 0.15) is 17.3 Å². The second-order valence-electron chi connectivity index (χ2n) is 5.74. The summed E-state index contributed by atoms with van der Waals surface area (Å²) in [6.45, 7) is 0.469. The lowest BCUT2D eigenvalue weighted by Crippen LogP contribution is -3.00. The summed E-state index contributed by atoms with van der Waals surface area (Å²) >= 11 is 0. The van der Waals surface area contributed by atoms with E-state index in [9.17, 15) is 13.6 Å². The van der Waals surface area contributed by atoms with Crippen LogP contribution in [0.4, 0.5) is 36.6 Å². The molecule has 3 aromatic rings. The zero-order valence-electron chi connectivity index (χ0n) is 14.6. The number of amides is 2. The maximum Gasteiger partial charge on any atom is 0.323 e. The van der Waals surface area contributed by atoms with Crippen LogP contribution < -0.4 is 39.1 Å². The summed E-state index contributed by atoms with van der Waals surface area (Å²) in [4.78, 5) is 14.9. The number of nitrogens with two attached hydrogens (primary N) is 1. The Kier molecular flexibility index (Phi) is 7.11. The smallest absolute Gasteiger partial charge is 0.323 e. The molecule has 0 fully saturated rings. The molecular weight excluding hydrogens is 388 g/mol. The number of anilines is 4. The van der Waals surface area contributed by atoms with E-state index in [2.05, 4.69) is 20.9 Å². The first-order chi connectivity index (χ1) is 13.0. The predicted octanol–water partition coefficient (Wildman–Crippen LogP) is 0.621. The molecule has 6 nitrogen and oxygen atoms in total. The number of halogens is 3. The molecule has 0 saturated carbocycles. The van der Waals surface area contributed by atoms with Crippen LogP contribution in [0.2, 0.25) is 0 Å². The molecule has 0 unspecified atom stereocenters. The van der Waals surface area contributed by atoms with Crippen molar-refractivity contribution in [1.82, 2.24) is 0 Å². The van der Waals surface area contributed by atoms with Gasteiger partial charge in [0.25, 0.3) is 0 Å². The number of nitrogens with one attached hydrogen (secondary N) is 4. The van der Waals surface area contributed by atoms with E-state index in [0.29, 0.717) is 18.1 Å². The third-order valence-electron chi connectivity index (χ3n) is 3.74. The van der Waals surface area contributed by atoms with Crippen molar-refractivity contribution < 1.29 is 31.0 Å². The lowest BCUT2D eigenvalue weighted by atomic mass is 10.2. The van der Waals surface area contributed by atoms with Gasteiger partial charge in [-0.15, -0.1) is 0 Å². The van der Waals surface area contributed by atoms with Gasteiger partial charge in [-0.1, -0.05) is 24.3 Å². The van der Waals surface area contributed by atoms with E-state index >= 15 is 0 Å². The molecule has 1 heterocycles. The summed E-state index contributed by atoms with van der Waals surface area (Å²) in [6.07, 6.45) is 0. The average Bonchev–Trinajstić information content (AvgIpc) is 2.65. The van der Waals surface area contributed by atoms with Crippen molar-refractivity contribution in [3.05, 3.63) is 77.9 Å². The van der Waals surface area contributed by atoms with Crippen LogP contribution in [0, 0.1) is 11.6 Å². The van der Waals surface area contributed by atoms with Crippen molar-refractivity contribution in [2.45, 2.75) is 6.54 Å². The van der Waals surface area contributed by atoms with Crippen LogP contribution in [0.15, 0.2) is 60.7 Å². The summed E-state index contributed by atoms with van der Waals surface area (Å²) in [6, 6.07) is 14.7. The Bertz CT molecular complexity index is 953. The number of H-pyrrole nitrogens is 1. The van der Waals surface area contributed by atoms with Gasteiger partial charge in [0.15, 0.2) is 0 Å². The molecule has 9 heteroatoms. The van der Waals surface area contributed by atoms with E-state index < -0.39 is 11.8 Å². The number of carbonyl (C=O) groups is 1. The van der Waals surface area contributed by atoms with E-state index in [0.717, 1.165) is 5.56 Å². The number of para-hydroxylation sites is 1. The number of nitrogen functional groups attached to an aromatic ring is 1. The first-order valence-electron chi connectivity index (χ1n) is 8.14. The van der Waals surface area contributed by atoms with Crippen LogP contribution in [0.25, 0.3) is 0 Å². The van der Waals surface area contributed by atoms with Gasteiger partial charge in [0.05, 0.1) is 12.2 Å². The molecular formula is C19H18ClF2N5O. The molecule has 28 heavy (non-hydrogen) atoms. The second-order valence-corrected chi connectivity index (χ2v) is 5.74. The molecule has 2 aromatic carbocycles. The summed E-state index contributed by atoms with van der Waals surface area (Å²) in [7, 11) is 0. The Balaban J connectivity index is 0.00000280. The molecule has 0 atom stereocenters. The first kappa shape index (κ1) is 20.9. The number of pyridine rings is 1. The van der Waals surface area contributed by atoms with Crippen LogP contribution in [0.5, 0.6) is 0 Å². The quantitative estimate of drug-likeness (QED) is 0.501. The first-order valence-corrected chi connectivity index (χ1v) is 8.14. The van der Waals surface area contributed by atoms with Crippen LogP contribution >= 0.6 is 0 Å². The van der Waals surface area contributed by atoms with Crippen LogP contribution in [0.1, 0.15) is 5.56 Å². The monoisotopic (exact) mass is 405 g/mol. The number of aromatic amines is 1. The molecule has 6 N–H and O–H groups in total. The highest BCUT2D eigenvalue weighted by atomic mass is 35.5. The van der Waals surface area contributed by atoms with Crippen molar-refractivity contribution in [2.24, 2.45) is 0 Å². The number of rotatable bonds is 5. The number of aromatic nitrogens is 1. The lowest BCUT2D eigenvalue weighted by molar-refractivity contribution is -0.342. The lowest BCUT2D eigenvalue weighted by Gasteiger charge is -2.09. The summed E-state index contributed by atoms with van der Waals surface area (Å²) < 4.78 is 26.5. The van der Waals surface area contributed by atoms with Crippen molar-refractivity contribution in [1.29, 1.82) is 0 Å². The average molecular weight is 406 g/mol. The highest BCUT2D eigenvalue weighted by Gasteiger charge is 2.11. The molecule has 0 spiro atoms. The maximum absolute atomic E-state index is 13.6. The third-order valence-corrected chi connectivity index (χ3v) is 3.74. The summed E-state index contributed by atoms with van der Waals surface area (Å²) in [5.74, 6) is 0.0193. The number of urea groups is 1. The number of hydrogen-bond acceptors (Lipinski definition) is 3. The highest BCUT2D eigenvalue weighted by Crippen LogP contribution is 2.17. The van der Waals surface area contributed by atoms with Gasteiger partial charge in [0.2, 0.25) is 11.6 Å². The van der Waals surface area contributed by atoms with Gasteiger partial charge in [0, 0.05) is 6.07 Å². The molecule has 0 aliphatic carbocycles. The van der Waals surface area contributed by atoms with Crippen molar-refractivity contribution in [3.63, 3.8) is 0 Å². The van der Waals surface area contributed by atoms with Gasteiger partial charge in [-0.05, 0) is 35.9 Å².